The van der Waals surface area contributed by atoms with Gasteiger partial charge in [-0.2, -0.15) is 0 Å². The van der Waals surface area contributed by atoms with Crippen LogP contribution in [0, 0.1) is 0 Å². The van der Waals surface area contributed by atoms with Crippen molar-refractivity contribution in [2.24, 2.45) is 0 Å². The Kier molecular flexibility index (Phi) is 6.38. The number of amides is 1. The smallest absolute Gasteiger partial charge is 0.415 e. The predicted molar refractivity (Wildman–Crippen MR) is 69.4 cm³/mol. The van der Waals surface area contributed by atoms with E-state index in [4.69, 9.17) is 4.74 Å². The summed E-state index contributed by atoms with van der Waals surface area (Å²) in [5, 5.41) is 0. The number of hydrogen-bond donors (Lipinski definition) is 1. The van der Waals surface area contributed by atoms with Crippen LogP contribution in [0.3, 0.4) is 0 Å². The first-order valence-corrected chi connectivity index (χ1v) is 6.03. The maximum absolute atomic E-state index is 11.3. The molecule has 1 amide bonds. The molecule has 0 saturated carbocycles. The molecule has 0 aliphatic carbocycles. The number of benzene rings is 1. The van der Waals surface area contributed by atoms with Crippen molar-refractivity contribution in [2.75, 3.05) is 6.61 Å². The van der Waals surface area contributed by atoms with Gasteiger partial charge in [-0.15, -0.1) is 0 Å². The van der Waals surface area contributed by atoms with Crippen LogP contribution in [-0.4, -0.2) is 18.7 Å². The van der Waals surface area contributed by atoms with E-state index < -0.39 is 12.1 Å². The van der Waals surface area contributed by atoms with E-state index in [1.165, 1.54) is 0 Å². The summed E-state index contributed by atoms with van der Waals surface area (Å²) in [4.78, 5) is 21.9. The summed E-state index contributed by atoms with van der Waals surface area (Å²) < 4.78 is 11.9. The van der Waals surface area contributed by atoms with Crippen LogP contribution in [0.25, 0.3) is 0 Å². The van der Waals surface area contributed by atoms with Crippen molar-refractivity contribution >= 4 is 34.9 Å². The zero-order chi connectivity index (χ0) is 12.5. The number of halogens is 1. The van der Waals surface area contributed by atoms with Gasteiger partial charge in [-0.3, -0.25) is 8.32 Å². The zero-order valence-electron chi connectivity index (χ0n) is 9.02. The average molecular weight is 349 g/mol. The van der Waals surface area contributed by atoms with Crippen LogP contribution in [0.15, 0.2) is 30.3 Å². The molecule has 1 N–H and O–H groups in total. The zero-order valence-corrected chi connectivity index (χ0v) is 11.2. The van der Waals surface area contributed by atoms with E-state index in [2.05, 4.69) is 8.27 Å². The fourth-order valence-electron chi connectivity index (χ4n) is 1.06. The summed E-state index contributed by atoms with van der Waals surface area (Å²) in [6.45, 7) is 0.251. The molecule has 0 aliphatic rings. The molecule has 0 radical (unpaired) electrons. The van der Waals surface area contributed by atoms with E-state index in [9.17, 15) is 9.59 Å². The predicted octanol–water partition coefficient (Wildman–Crippen LogP) is 2.20. The molecule has 5 nitrogen and oxygen atoms in total. The molecule has 0 saturated heterocycles. The number of esters is 1. The number of ether oxygens (including phenoxy) is 2. The van der Waals surface area contributed by atoms with Crippen molar-refractivity contribution in [3.63, 3.8) is 0 Å². The van der Waals surface area contributed by atoms with Crippen LogP contribution < -0.4 is 3.53 Å². The Bertz CT molecular complexity index is 369. The summed E-state index contributed by atoms with van der Waals surface area (Å²) in [5.41, 5.74) is 0.923. The highest BCUT2D eigenvalue weighted by Crippen LogP contribution is 2.01. The molecule has 0 aromatic heterocycles. The SMILES string of the molecule is O=C(CCOC(=O)NI)OCc1ccccc1. The lowest BCUT2D eigenvalue weighted by molar-refractivity contribution is -0.145. The molecular formula is C11H12INO4. The summed E-state index contributed by atoms with van der Waals surface area (Å²) in [6.07, 6.45) is -0.516. The van der Waals surface area contributed by atoms with Gasteiger partial charge in [-0.05, 0) is 5.56 Å². The third-order valence-electron chi connectivity index (χ3n) is 1.86. The van der Waals surface area contributed by atoms with Gasteiger partial charge >= 0.3 is 12.1 Å². The molecule has 0 fully saturated rings. The second kappa shape index (κ2) is 7.88. The Morgan fingerprint density at radius 1 is 1.18 bits per heavy atom. The van der Waals surface area contributed by atoms with E-state index in [1.807, 2.05) is 30.3 Å². The van der Waals surface area contributed by atoms with Crippen LogP contribution in [0.5, 0.6) is 0 Å². The lowest BCUT2D eigenvalue weighted by atomic mass is 10.2. The Morgan fingerprint density at radius 3 is 2.53 bits per heavy atom. The second-order valence-corrected chi connectivity index (χ2v) is 3.67. The van der Waals surface area contributed by atoms with Gasteiger partial charge < -0.3 is 9.47 Å². The minimum absolute atomic E-state index is 0.0163. The van der Waals surface area contributed by atoms with Gasteiger partial charge in [-0.1, -0.05) is 30.3 Å². The average Bonchev–Trinajstić information content (AvgIpc) is 2.37. The van der Waals surface area contributed by atoms with Gasteiger partial charge in [0.1, 0.15) is 13.2 Å². The van der Waals surface area contributed by atoms with E-state index in [1.54, 1.807) is 22.9 Å². The van der Waals surface area contributed by atoms with Crippen LogP contribution in [0.4, 0.5) is 4.79 Å². The summed E-state index contributed by atoms with van der Waals surface area (Å²) in [5.74, 6) is -0.393. The standard InChI is InChI=1S/C11H12INO4/c12-13-11(15)16-7-6-10(14)17-8-9-4-2-1-3-5-9/h1-5H,6-8H2,(H,13,15). The molecule has 0 atom stereocenters. The number of nitrogens with one attached hydrogen (secondary N) is 1. The van der Waals surface area contributed by atoms with Crippen molar-refractivity contribution < 1.29 is 19.1 Å². The molecule has 1 aromatic carbocycles. The highest BCUT2D eigenvalue weighted by Gasteiger charge is 2.05. The van der Waals surface area contributed by atoms with Gasteiger partial charge in [0.25, 0.3) is 0 Å². The second-order valence-electron chi connectivity index (χ2n) is 3.13. The Hall–Kier alpha value is -1.31. The van der Waals surface area contributed by atoms with Gasteiger partial charge in [0.2, 0.25) is 0 Å². The topological polar surface area (TPSA) is 64.6 Å². The molecule has 92 valence electrons. The summed E-state index contributed by atoms with van der Waals surface area (Å²) >= 11 is 1.65. The molecule has 0 spiro atoms. The first-order chi connectivity index (χ1) is 8.22. The quantitative estimate of drug-likeness (QED) is 0.503. The molecule has 0 bridgehead atoms. The van der Waals surface area contributed by atoms with Crippen molar-refractivity contribution in [3.05, 3.63) is 35.9 Å². The first-order valence-electron chi connectivity index (χ1n) is 4.95. The third kappa shape index (κ3) is 6.10. The molecule has 0 unspecified atom stereocenters. The number of hydrogen-bond acceptors (Lipinski definition) is 4. The fourth-order valence-corrected chi connectivity index (χ4v) is 1.22. The van der Waals surface area contributed by atoms with Crippen LogP contribution in [-0.2, 0) is 20.9 Å². The normalized spacial score (nSPS) is 9.47. The van der Waals surface area contributed by atoms with Gasteiger partial charge in [-0.25, -0.2) is 4.79 Å². The Labute approximate surface area is 113 Å². The molecule has 0 aliphatic heterocycles. The fraction of sp³-hybridized carbons (Fsp3) is 0.273. The molecule has 17 heavy (non-hydrogen) atoms. The van der Waals surface area contributed by atoms with Crippen molar-refractivity contribution in [2.45, 2.75) is 13.0 Å². The van der Waals surface area contributed by atoms with Crippen molar-refractivity contribution in [3.8, 4) is 0 Å². The minimum Gasteiger partial charge on any atom is -0.461 e. The minimum atomic E-state index is -0.568. The lowest BCUT2D eigenvalue weighted by Gasteiger charge is -2.05. The highest BCUT2D eigenvalue weighted by molar-refractivity contribution is 14.1. The summed E-state index contributed by atoms with van der Waals surface area (Å²) in [7, 11) is 0. The maximum Gasteiger partial charge on any atom is 0.415 e. The van der Waals surface area contributed by atoms with E-state index in [0.29, 0.717) is 0 Å². The van der Waals surface area contributed by atoms with Gasteiger partial charge in [0.05, 0.1) is 29.3 Å². The molecule has 1 rings (SSSR count). The van der Waals surface area contributed by atoms with Crippen molar-refractivity contribution in [1.82, 2.24) is 3.53 Å². The van der Waals surface area contributed by atoms with Gasteiger partial charge in [0, 0.05) is 0 Å². The third-order valence-corrected chi connectivity index (χ3v) is 2.30. The highest BCUT2D eigenvalue weighted by atomic mass is 127. The maximum atomic E-state index is 11.3. The molecule has 0 heterocycles. The monoisotopic (exact) mass is 349 g/mol. The van der Waals surface area contributed by atoms with E-state index in [-0.39, 0.29) is 19.6 Å². The Balaban J connectivity index is 2.16. The number of rotatable bonds is 5. The van der Waals surface area contributed by atoms with Crippen LogP contribution in [0.2, 0.25) is 0 Å². The lowest BCUT2D eigenvalue weighted by Crippen LogP contribution is -2.16. The van der Waals surface area contributed by atoms with Crippen LogP contribution >= 0.6 is 22.9 Å². The first kappa shape index (κ1) is 13.8. The molecule has 6 heteroatoms. The summed E-state index contributed by atoms with van der Waals surface area (Å²) in [6, 6.07) is 9.37. The van der Waals surface area contributed by atoms with Gasteiger partial charge in [0.15, 0.2) is 0 Å². The molecule has 1 aromatic rings. The largest absolute Gasteiger partial charge is 0.461 e. The Morgan fingerprint density at radius 2 is 1.88 bits per heavy atom. The number of carbonyl (C=O) groups is 2. The van der Waals surface area contributed by atoms with Crippen LogP contribution in [0.1, 0.15) is 12.0 Å². The van der Waals surface area contributed by atoms with Crippen molar-refractivity contribution in [1.29, 1.82) is 0 Å². The van der Waals surface area contributed by atoms with E-state index in [0.717, 1.165) is 5.56 Å². The molecular weight excluding hydrogens is 337 g/mol. The van der Waals surface area contributed by atoms with E-state index >= 15 is 0 Å². The number of carbonyl (C=O) groups excluding carboxylic acids is 2.